The quantitative estimate of drug-likeness (QED) is 0.385. The largest absolute Gasteiger partial charge is 0.357 e. The number of carbonyl (C=O) groups excluding carboxylic acids is 2. The van der Waals surface area contributed by atoms with Gasteiger partial charge in [-0.2, -0.15) is 0 Å². The van der Waals surface area contributed by atoms with Gasteiger partial charge < -0.3 is 20.4 Å². The van der Waals surface area contributed by atoms with Crippen LogP contribution in [0.25, 0.3) is 0 Å². The van der Waals surface area contributed by atoms with Crippen molar-refractivity contribution in [2.24, 2.45) is 4.99 Å². The molecule has 2 amide bonds. The molecule has 0 aliphatic carbocycles. The number of nitrogens with one attached hydrogen (secondary N) is 2. The van der Waals surface area contributed by atoms with Gasteiger partial charge in [0.2, 0.25) is 5.91 Å². The van der Waals surface area contributed by atoms with Crippen LogP contribution in [0.15, 0.2) is 29.3 Å². The molecule has 0 saturated carbocycles. The molecule has 27 heavy (non-hydrogen) atoms. The predicted molar refractivity (Wildman–Crippen MR) is 116 cm³/mol. The fourth-order valence-electron chi connectivity index (χ4n) is 3.27. The van der Waals surface area contributed by atoms with E-state index in [1.807, 2.05) is 24.3 Å². The maximum Gasteiger partial charge on any atom is 0.254 e. The lowest BCUT2D eigenvalue weighted by molar-refractivity contribution is -0.123. The smallest absolute Gasteiger partial charge is 0.254 e. The molecular weight excluding hydrogens is 457 g/mol. The summed E-state index contributed by atoms with van der Waals surface area (Å²) >= 11 is 0. The van der Waals surface area contributed by atoms with Crippen molar-refractivity contribution in [2.45, 2.75) is 26.3 Å². The first-order valence-electron chi connectivity index (χ1n) is 9.35. The van der Waals surface area contributed by atoms with Crippen molar-refractivity contribution in [3.63, 3.8) is 0 Å². The number of guanidine groups is 1. The SMILES string of the molecule is CCNC(=NCc1ccc(C(=O)N2CCNC(=O)C2)cc1)N1CCCC1.I. The summed E-state index contributed by atoms with van der Waals surface area (Å²) in [5, 5.41) is 6.08. The molecule has 3 rings (SSSR count). The molecular formula is C19H28IN5O2. The van der Waals surface area contributed by atoms with Crippen molar-refractivity contribution in [3.8, 4) is 0 Å². The van der Waals surface area contributed by atoms with E-state index in [1.165, 1.54) is 12.8 Å². The Bertz CT molecular complexity index is 671. The molecule has 7 nitrogen and oxygen atoms in total. The molecule has 2 saturated heterocycles. The number of halogens is 1. The fourth-order valence-corrected chi connectivity index (χ4v) is 3.27. The Morgan fingerprint density at radius 1 is 1.15 bits per heavy atom. The third-order valence-corrected chi connectivity index (χ3v) is 4.68. The van der Waals surface area contributed by atoms with E-state index < -0.39 is 0 Å². The minimum absolute atomic E-state index is 0. The third-order valence-electron chi connectivity index (χ3n) is 4.68. The summed E-state index contributed by atoms with van der Waals surface area (Å²) in [6, 6.07) is 7.52. The van der Waals surface area contributed by atoms with Crippen LogP contribution in [0.2, 0.25) is 0 Å². The molecule has 0 unspecified atom stereocenters. The van der Waals surface area contributed by atoms with Crippen LogP contribution in [0.3, 0.4) is 0 Å². The second-order valence-electron chi connectivity index (χ2n) is 6.64. The first kappa shape index (κ1) is 21.5. The van der Waals surface area contributed by atoms with Crippen molar-refractivity contribution in [2.75, 3.05) is 39.3 Å². The molecule has 1 aromatic carbocycles. The molecule has 2 heterocycles. The monoisotopic (exact) mass is 485 g/mol. The van der Waals surface area contributed by atoms with Gasteiger partial charge in [0, 0.05) is 38.3 Å². The minimum Gasteiger partial charge on any atom is -0.357 e. The van der Waals surface area contributed by atoms with Gasteiger partial charge in [0.15, 0.2) is 5.96 Å². The van der Waals surface area contributed by atoms with Crippen molar-refractivity contribution in [3.05, 3.63) is 35.4 Å². The summed E-state index contributed by atoms with van der Waals surface area (Å²) in [5.74, 6) is 0.762. The number of aliphatic imine (C=N–C) groups is 1. The van der Waals surface area contributed by atoms with Crippen molar-refractivity contribution in [1.29, 1.82) is 0 Å². The summed E-state index contributed by atoms with van der Waals surface area (Å²) in [6.07, 6.45) is 2.44. The van der Waals surface area contributed by atoms with Crippen LogP contribution in [0.4, 0.5) is 0 Å². The summed E-state index contributed by atoms with van der Waals surface area (Å²) in [6.45, 7) is 6.83. The highest BCUT2D eigenvalue weighted by Gasteiger charge is 2.22. The molecule has 2 N–H and O–H groups in total. The van der Waals surface area contributed by atoms with Gasteiger partial charge in [-0.1, -0.05) is 12.1 Å². The van der Waals surface area contributed by atoms with Gasteiger partial charge in [-0.3, -0.25) is 9.59 Å². The first-order valence-corrected chi connectivity index (χ1v) is 9.35. The molecule has 2 aliphatic rings. The predicted octanol–water partition coefficient (Wildman–Crippen LogP) is 1.44. The van der Waals surface area contributed by atoms with E-state index in [2.05, 4.69) is 22.5 Å². The zero-order chi connectivity index (χ0) is 18.4. The van der Waals surface area contributed by atoms with E-state index in [4.69, 9.17) is 4.99 Å². The molecule has 0 atom stereocenters. The zero-order valence-corrected chi connectivity index (χ0v) is 18.1. The van der Waals surface area contributed by atoms with E-state index >= 15 is 0 Å². The number of hydrogen-bond donors (Lipinski definition) is 2. The van der Waals surface area contributed by atoms with Crippen LogP contribution in [-0.4, -0.2) is 66.8 Å². The lowest BCUT2D eigenvalue weighted by atomic mass is 10.1. The minimum atomic E-state index is -0.103. The van der Waals surface area contributed by atoms with Crippen LogP contribution in [0, 0.1) is 0 Å². The lowest BCUT2D eigenvalue weighted by Crippen LogP contribution is -2.49. The summed E-state index contributed by atoms with van der Waals surface area (Å²) in [7, 11) is 0. The van der Waals surface area contributed by atoms with Crippen LogP contribution in [-0.2, 0) is 11.3 Å². The van der Waals surface area contributed by atoms with Gasteiger partial charge in [0.05, 0.1) is 13.1 Å². The Balaban J connectivity index is 0.00000261. The number of carbonyl (C=O) groups is 2. The zero-order valence-electron chi connectivity index (χ0n) is 15.7. The van der Waals surface area contributed by atoms with Crippen LogP contribution in [0.5, 0.6) is 0 Å². The molecule has 2 aliphatic heterocycles. The number of likely N-dealkylation sites (tertiary alicyclic amines) is 1. The van der Waals surface area contributed by atoms with Gasteiger partial charge in [0.25, 0.3) is 5.91 Å². The number of rotatable bonds is 4. The molecule has 8 heteroatoms. The summed E-state index contributed by atoms with van der Waals surface area (Å²) in [5.41, 5.74) is 1.67. The molecule has 0 aromatic heterocycles. The first-order chi connectivity index (χ1) is 12.7. The van der Waals surface area contributed by atoms with Crippen LogP contribution < -0.4 is 10.6 Å². The van der Waals surface area contributed by atoms with Crippen molar-refractivity contribution >= 4 is 41.8 Å². The fraction of sp³-hybridized carbons (Fsp3) is 0.526. The molecule has 0 spiro atoms. The Labute approximate surface area is 177 Å². The van der Waals surface area contributed by atoms with Gasteiger partial charge in [-0.05, 0) is 37.5 Å². The third kappa shape index (κ3) is 5.82. The molecule has 0 radical (unpaired) electrons. The number of benzene rings is 1. The van der Waals surface area contributed by atoms with E-state index in [9.17, 15) is 9.59 Å². The summed E-state index contributed by atoms with van der Waals surface area (Å²) < 4.78 is 0. The average molecular weight is 485 g/mol. The van der Waals surface area contributed by atoms with E-state index in [1.54, 1.807) is 4.90 Å². The maximum atomic E-state index is 12.5. The Kier molecular flexibility index (Phi) is 8.33. The van der Waals surface area contributed by atoms with E-state index in [0.29, 0.717) is 25.2 Å². The van der Waals surface area contributed by atoms with Gasteiger partial charge in [-0.15, -0.1) is 24.0 Å². The van der Waals surface area contributed by atoms with Crippen molar-refractivity contribution in [1.82, 2.24) is 20.4 Å². The normalized spacial score (nSPS) is 17.4. The average Bonchev–Trinajstić information content (AvgIpc) is 3.19. The Morgan fingerprint density at radius 3 is 2.48 bits per heavy atom. The van der Waals surface area contributed by atoms with E-state index in [-0.39, 0.29) is 42.3 Å². The maximum absolute atomic E-state index is 12.5. The molecule has 2 fully saturated rings. The van der Waals surface area contributed by atoms with Gasteiger partial charge in [0.1, 0.15) is 0 Å². The van der Waals surface area contributed by atoms with E-state index in [0.717, 1.165) is 31.2 Å². The second-order valence-corrected chi connectivity index (χ2v) is 6.64. The lowest BCUT2D eigenvalue weighted by Gasteiger charge is -2.26. The van der Waals surface area contributed by atoms with Crippen LogP contribution in [0.1, 0.15) is 35.7 Å². The molecule has 1 aromatic rings. The molecule has 148 valence electrons. The van der Waals surface area contributed by atoms with Crippen LogP contribution >= 0.6 is 24.0 Å². The van der Waals surface area contributed by atoms with Gasteiger partial charge in [-0.25, -0.2) is 4.99 Å². The van der Waals surface area contributed by atoms with Gasteiger partial charge >= 0.3 is 0 Å². The topological polar surface area (TPSA) is 77.0 Å². The Hall–Kier alpha value is -1.84. The molecule has 0 bridgehead atoms. The van der Waals surface area contributed by atoms with Crippen molar-refractivity contribution < 1.29 is 9.59 Å². The highest BCUT2D eigenvalue weighted by Crippen LogP contribution is 2.11. The summed E-state index contributed by atoms with van der Waals surface area (Å²) in [4.78, 5) is 32.5. The highest BCUT2D eigenvalue weighted by molar-refractivity contribution is 14.0. The standard InChI is InChI=1S/C19H27N5O2.HI/c1-2-20-19(23-10-3-4-11-23)22-13-15-5-7-16(8-6-15)18(26)24-12-9-21-17(25)14-24;/h5-8H,2-4,9-14H2,1H3,(H,20,22)(H,21,25);1H. The second kappa shape index (κ2) is 10.5. The highest BCUT2D eigenvalue weighted by atomic mass is 127. The number of hydrogen-bond acceptors (Lipinski definition) is 3. The Morgan fingerprint density at radius 2 is 1.85 bits per heavy atom. The number of piperazine rings is 1. The number of amides is 2. The number of nitrogens with zero attached hydrogens (tertiary/aromatic N) is 3.